The fourth-order valence-electron chi connectivity index (χ4n) is 9.46. The van der Waals surface area contributed by atoms with Crippen molar-refractivity contribution >= 4 is 66.9 Å². The molecule has 0 saturated carbocycles. The lowest BCUT2D eigenvalue weighted by atomic mass is 9.87. The summed E-state index contributed by atoms with van der Waals surface area (Å²) in [5.41, 5.74) is 12.0. The molecule has 3 unspecified atom stereocenters. The topological polar surface area (TPSA) is 66.3 Å². The van der Waals surface area contributed by atoms with Gasteiger partial charge in [0.25, 0.3) is 0 Å². The van der Waals surface area contributed by atoms with Crippen LogP contribution in [0.25, 0.3) is 55.0 Å². The number of hydrogen-bond acceptors (Lipinski definition) is 6. The normalized spacial score (nSPS) is 18.4. The first kappa shape index (κ1) is 36.9. The van der Waals surface area contributed by atoms with Crippen molar-refractivity contribution in [2.45, 2.75) is 25.0 Å². The largest absolute Gasteiger partial charge is 0.456 e. The van der Waals surface area contributed by atoms with Crippen LogP contribution in [0.15, 0.2) is 231 Å². The van der Waals surface area contributed by atoms with Gasteiger partial charge in [0.1, 0.15) is 34.3 Å². The molecule has 3 aliphatic rings. The van der Waals surface area contributed by atoms with Gasteiger partial charge in [0, 0.05) is 33.3 Å². The van der Waals surface area contributed by atoms with Crippen LogP contribution in [0.1, 0.15) is 35.7 Å². The van der Waals surface area contributed by atoms with Crippen molar-refractivity contribution in [1.29, 1.82) is 0 Å². The number of amidine groups is 2. The number of rotatable bonds is 8. The van der Waals surface area contributed by atoms with E-state index >= 15 is 0 Å². The molecule has 6 nitrogen and oxygen atoms in total. The fraction of sp³-hybridized carbons (Fsp3) is 0.0877. The van der Waals surface area contributed by atoms with Gasteiger partial charge in [-0.2, -0.15) is 0 Å². The van der Waals surface area contributed by atoms with E-state index in [1.54, 1.807) is 0 Å². The maximum atomic E-state index is 6.95. The highest BCUT2D eigenvalue weighted by Crippen LogP contribution is 2.44. The molecule has 1 aliphatic heterocycles. The van der Waals surface area contributed by atoms with Crippen LogP contribution in [0.3, 0.4) is 0 Å². The average Bonchev–Trinajstić information content (AvgIpc) is 3.94. The summed E-state index contributed by atoms with van der Waals surface area (Å²) in [5.74, 6) is 1.74. The minimum atomic E-state index is -0.424. The Balaban J connectivity index is 1.02. The number of para-hydroxylation sites is 2. The van der Waals surface area contributed by atoms with Gasteiger partial charge < -0.3 is 19.1 Å². The second kappa shape index (κ2) is 15.5. The minimum absolute atomic E-state index is 0.0550. The maximum absolute atomic E-state index is 6.95. The molecule has 2 aromatic heterocycles. The summed E-state index contributed by atoms with van der Waals surface area (Å²) in [5, 5.41) is 7.87. The lowest BCUT2D eigenvalue weighted by molar-refractivity contribution is 0.660. The molecule has 12 rings (SSSR count). The molecule has 0 bridgehead atoms. The van der Waals surface area contributed by atoms with Gasteiger partial charge in [0.2, 0.25) is 0 Å². The van der Waals surface area contributed by atoms with Crippen LogP contribution in [-0.4, -0.2) is 17.7 Å². The SMILES string of the molecule is C1=CCC(C2=CCC(N(c3ccc(-c4ccccc4)cc3)c3ccc(C4=NC(c5ccc6oc7ccccc7c6c5)NC(c5ccccc5)=N4)c4oc5ccccc5c34)C=C2)C=C1. The zero-order valence-corrected chi connectivity index (χ0v) is 34.4. The van der Waals surface area contributed by atoms with E-state index in [4.69, 9.17) is 18.8 Å². The van der Waals surface area contributed by atoms with Gasteiger partial charge in [-0.3, -0.25) is 0 Å². The quantitative estimate of drug-likeness (QED) is 0.166. The van der Waals surface area contributed by atoms with E-state index in [0.29, 0.717) is 11.8 Å². The molecule has 63 heavy (non-hydrogen) atoms. The summed E-state index contributed by atoms with van der Waals surface area (Å²) < 4.78 is 13.2. The third-order valence-corrected chi connectivity index (χ3v) is 12.6. The molecular weight excluding hydrogens is 773 g/mol. The van der Waals surface area contributed by atoms with Crippen LogP contribution in [0.2, 0.25) is 0 Å². The highest BCUT2D eigenvalue weighted by molar-refractivity contribution is 6.22. The van der Waals surface area contributed by atoms with Crippen LogP contribution in [0.5, 0.6) is 0 Å². The lowest BCUT2D eigenvalue weighted by Crippen LogP contribution is -2.33. The summed E-state index contributed by atoms with van der Waals surface area (Å²) in [6.45, 7) is 0. The number of hydrogen-bond donors (Lipinski definition) is 1. The second-order valence-corrected chi connectivity index (χ2v) is 16.4. The van der Waals surface area contributed by atoms with E-state index in [1.165, 1.54) is 16.7 Å². The third-order valence-electron chi connectivity index (χ3n) is 12.6. The highest BCUT2D eigenvalue weighted by atomic mass is 16.3. The molecule has 0 amide bonds. The first-order valence-corrected chi connectivity index (χ1v) is 21.7. The van der Waals surface area contributed by atoms with Gasteiger partial charge in [-0.05, 0) is 83.6 Å². The Bertz CT molecular complexity index is 3390. The van der Waals surface area contributed by atoms with E-state index in [2.05, 4.69) is 168 Å². The van der Waals surface area contributed by atoms with Gasteiger partial charge in [-0.1, -0.05) is 158 Å². The predicted molar refractivity (Wildman–Crippen MR) is 259 cm³/mol. The van der Waals surface area contributed by atoms with Crippen LogP contribution in [0, 0.1) is 5.92 Å². The Morgan fingerprint density at radius 1 is 0.587 bits per heavy atom. The van der Waals surface area contributed by atoms with E-state index in [9.17, 15) is 0 Å². The van der Waals surface area contributed by atoms with Gasteiger partial charge >= 0.3 is 0 Å². The van der Waals surface area contributed by atoms with Crippen LogP contribution >= 0.6 is 0 Å². The molecule has 0 fully saturated rings. The van der Waals surface area contributed by atoms with E-state index in [1.807, 2.05) is 48.5 Å². The number of anilines is 2. The highest BCUT2D eigenvalue weighted by Gasteiger charge is 2.29. The van der Waals surface area contributed by atoms with E-state index in [-0.39, 0.29) is 6.04 Å². The Morgan fingerprint density at radius 3 is 2.06 bits per heavy atom. The molecule has 3 heterocycles. The van der Waals surface area contributed by atoms with Gasteiger partial charge in [-0.25, -0.2) is 9.98 Å². The molecule has 302 valence electrons. The molecule has 1 N–H and O–H groups in total. The van der Waals surface area contributed by atoms with Gasteiger partial charge in [-0.15, -0.1) is 0 Å². The zero-order chi connectivity index (χ0) is 41.7. The van der Waals surface area contributed by atoms with Crippen molar-refractivity contribution in [1.82, 2.24) is 5.32 Å². The summed E-state index contributed by atoms with van der Waals surface area (Å²) in [4.78, 5) is 13.1. The molecule has 6 heteroatoms. The second-order valence-electron chi connectivity index (χ2n) is 16.4. The van der Waals surface area contributed by atoms with Crippen LogP contribution in [-0.2, 0) is 0 Å². The maximum Gasteiger partial charge on any atom is 0.163 e. The summed E-state index contributed by atoms with van der Waals surface area (Å²) in [6.07, 6.45) is 17.5. The van der Waals surface area contributed by atoms with Crippen molar-refractivity contribution in [2.75, 3.05) is 4.90 Å². The van der Waals surface area contributed by atoms with E-state index < -0.39 is 6.17 Å². The average molecular weight is 815 g/mol. The molecule has 2 aliphatic carbocycles. The van der Waals surface area contributed by atoms with Gasteiger partial charge in [0.15, 0.2) is 5.84 Å². The molecule has 0 radical (unpaired) electrons. The zero-order valence-electron chi connectivity index (χ0n) is 34.4. The monoisotopic (exact) mass is 814 g/mol. The molecule has 0 spiro atoms. The number of allylic oxidation sites excluding steroid dienone is 6. The third kappa shape index (κ3) is 6.68. The Hall–Kier alpha value is -7.96. The van der Waals surface area contributed by atoms with Crippen molar-refractivity contribution < 1.29 is 8.83 Å². The Labute approximate surface area is 365 Å². The number of benzene rings is 7. The number of furan rings is 2. The summed E-state index contributed by atoms with van der Waals surface area (Å²) in [6, 6.07) is 57.1. The van der Waals surface area contributed by atoms with E-state index in [0.717, 1.165) is 90.6 Å². The lowest BCUT2D eigenvalue weighted by Gasteiger charge is -2.34. The smallest absolute Gasteiger partial charge is 0.163 e. The number of fused-ring (bicyclic) bond motifs is 6. The molecule has 7 aromatic carbocycles. The number of nitrogens with zero attached hydrogens (tertiary/aromatic N) is 3. The fourth-order valence-corrected chi connectivity index (χ4v) is 9.46. The standard InChI is InChI=1S/C57H42N4O2/c1-4-14-37(15-5-1)39-24-29-43(30-25-39)61(44-31-26-40(27-32-44)38-16-6-2-7-17-38)49-34-33-47(54-53(49)46-21-11-13-23-51(46)63-54)57-59-55(41-18-8-3-9-19-41)58-56(60-57)42-28-35-52-48(36-42)45-20-10-12-22-50(45)62-52/h1-16,18-31,33-36,38,44,56H,17,32H2,(H,58,59,60). The van der Waals surface area contributed by atoms with Crippen molar-refractivity contribution in [3.8, 4) is 11.1 Å². The number of nitrogens with one attached hydrogen (secondary N) is 1. The van der Waals surface area contributed by atoms with Crippen molar-refractivity contribution in [3.63, 3.8) is 0 Å². The first-order chi connectivity index (χ1) is 31.2. The van der Waals surface area contributed by atoms with Crippen molar-refractivity contribution in [2.24, 2.45) is 15.9 Å². The predicted octanol–water partition coefficient (Wildman–Crippen LogP) is 14.2. The number of aliphatic imine (C=N–C) groups is 2. The van der Waals surface area contributed by atoms with Gasteiger partial charge in [0.05, 0.1) is 22.7 Å². The molecule has 9 aromatic rings. The molecule has 0 saturated heterocycles. The van der Waals surface area contributed by atoms with Crippen molar-refractivity contribution in [3.05, 3.63) is 229 Å². The van der Waals surface area contributed by atoms with Crippen LogP contribution < -0.4 is 10.2 Å². The minimum Gasteiger partial charge on any atom is -0.456 e. The Kier molecular flexibility index (Phi) is 9.07. The summed E-state index contributed by atoms with van der Waals surface area (Å²) >= 11 is 0. The molecular formula is C57H42N4O2. The summed E-state index contributed by atoms with van der Waals surface area (Å²) in [7, 11) is 0. The first-order valence-electron chi connectivity index (χ1n) is 21.7. The Morgan fingerprint density at radius 2 is 1.30 bits per heavy atom. The van der Waals surface area contributed by atoms with Crippen LogP contribution in [0.4, 0.5) is 11.4 Å². The molecule has 3 atom stereocenters.